The fourth-order valence-electron chi connectivity index (χ4n) is 5.14. The Morgan fingerprint density at radius 3 is 2.23 bits per heavy atom. The third-order valence-electron chi connectivity index (χ3n) is 6.91. The molecule has 1 unspecified atom stereocenters. The fraction of sp³-hybridized carbons (Fsp3) is 0.345. The second kappa shape index (κ2) is 10.5. The number of hydrogen-bond donors (Lipinski definition) is 4. The molecule has 0 spiro atoms. The SMILES string of the molecule is CCCC1(Cc2oc(=O)oc2C)NC(C(C)(C)O)=C(C(=O)O)N1Cc1ccc(-c2ccccc2C(=O)O)cc1. The molecule has 1 aromatic heterocycles. The van der Waals surface area contributed by atoms with Gasteiger partial charge in [-0.2, -0.15) is 0 Å². The number of carboxylic acid groups (broad SMARTS) is 2. The van der Waals surface area contributed by atoms with Crippen molar-refractivity contribution in [2.24, 2.45) is 0 Å². The van der Waals surface area contributed by atoms with Gasteiger partial charge in [-0.25, -0.2) is 14.4 Å². The van der Waals surface area contributed by atoms with E-state index in [-0.39, 0.29) is 35.7 Å². The van der Waals surface area contributed by atoms with Gasteiger partial charge in [0.25, 0.3) is 0 Å². The number of aromatic carboxylic acids is 1. The Balaban J connectivity index is 1.79. The highest BCUT2D eigenvalue weighted by Crippen LogP contribution is 2.40. The number of rotatable bonds is 10. The first-order chi connectivity index (χ1) is 18.4. The van der Waals surface area contributed by atoms with Gasteiger partial charge in [0.1, 0.15) is 22.7 Å². The van der Waals surface area contributed by atoms with Gasteiger partial charge in [0.15, 0.2) is 5.76 Å². The molecule has 3 aromatic rings. The summed E-state index contributed by atoms with van der Waals surface area (Å²) in [5.74, 6) is -2.50. The molecular formula is C29H32N2O8. The summed E-state index contributed by atoms with van der Waals surface area (Å²) >= 11 is 0. The number of carbonyl (C=O) groups is 2. The Bertz CT molecular complexity index is 1480. The third-order valence-corrected chi connectivity index (χ3v) is 6.91. The van der Waals surface area contributed by atoms with E-state index >= 15 is 0 Å². The zero-order chi connectivity index (χ0) is 28.5. The van der Waals surface area contributed by atoms with Gasteiger partial charge in [-0.05, 0) is 49.9 Å². The molecule has 0 radical (unpaired) electrons. The van der Waals surface area contributed by atoms with Crippen molar-refractivity contribution in [3.63, 3.8) is 0 Å². The topological polar surface area (TPSA) is 153 Å². The van der Waals surface area contributed by atoms with E-state index in [4.69, 9.17) is 8.83 Å². The molecule has 2 aromatic carbocycles. The van der Waals surface area contributed by atoms with E-state index in [1.165, 1.54) is 13.8 Å². The Labute approximate surface area is 225 Å². The number of nitrogens with zero attached hydrogens (tertiary/aromatic N) is 1. The van der Waals surface area contributed by atoms with Crippen LogP contribution in [0.15, 0.2) is 73.6 Å². The molecular weight excluding hydrogens is 504 g/mol. The molecule has 0 bridgehead atoms. The van der Waals surface area contributed by atoms with Gasteiger partial charge >= 0.3 is 17.8 Å². The first kappa shape index (κ1) is 27.7. The molecule has 4 N–H and O–H groups in total. The molecule has 0 saturated heterocycles. The van der Waals surface area contributed by atoms with Crippen molar-refractivity contribution < 1.29 is 33.7 Å². The van der Waals surface area contributed by atoms with Crippen LogP contribution < -0.4 is 11.1 Å². The van der Waals surface area contributed by atoms with E-state index in [0.717, 1.165) is 5.56 Å². The Morgan fingerprint density at radius 1 is 1.03 bits per heavy atom. The first-order valence-corrected chi connectivity index (χ1v) is 12.6. The van der Waals surface area contributed by atoms with E-state index in [2.05, 4.69) is 5.32 Å². The molecule has 0 fully saturated rings. The predicted molar refractivity (Wildman–Crippen MR) is 142 cm³/mol. The lowest BCUT2D eigenvalue weighted by Gasteiger charge is -2.41. The lowest BCUT2D eigenvalue weighted by atomic mass is 9.94. The average Bonchev–Trinajstić information content (AvgIpc) is 3.35. The van der Waals surface area contributed by atoms with Crippen LogP contribution in [-0.4, -0.2) is 43.4 Å². The highest BCUT2D eigenvalue weighted by Gasteiger charge is 2.50. The van der Waals surface area contributed by atoms with E-state index in [1.807, 2.05) is 19.1 Å². The van der Waals surface area contributed by atoms with Crippen molar-refractivity contribution in [2.75, 3.05) is 0 Å². The molecule has 10 heteroatoms. The summed E-state index contributed by atoms with van der Waals surface area (Å²) in [6.07, 6.45) is 1.22. The Morgan fingerprint density at radius 2 is 1.69 bits per heavy atom. The smallest absolute Gasteiger partial charge is 0.478 e. The molecule has 2 heterocycles. The second-order valence-electron chi connectivity index (χ2n) is 10.2. The van der Waals surface area contributed by atoms with Gasteiger partial charge < -0.3 is 34.4 Å². The van der Waals surface area contributed by atoms with Crippen molar-refractivity contribution in [3.8, 4) is 11.1 Å². The van der Waals surface area contributed by atoms with Crippen LogP contribution in [0.4, 0.5) is 0 Å². The highest BCUT2D eigenvalue weighted by molar-refractivity contribution is 5.96. The maximum absolute atomic E-state index is 12.6. The van der Waals surface area contributed by atoms with Gasteiger partial charge in [0.05, 0.1) is 17.7 Å². The molecule has 4 rings (SSSR count). The zero-order valence-electron chi connectivity index (χ0n) is 22.3. The van der Waals surface area contributed by atoms with Crippen molar-refractivity contribution in [1.29, 1.82) is 0 Å². The highest BCUT2D eigenvalue weighted by atomic mass is 16.6. The predicted octanol–water partition coefficient (Wildman–Crippen LogP) is 4.12. The first-order valence-electron chi connectivity index (χ1n) is 12.6. The van der Waals surface area contributed by atoms with Gasteiger partial charge in [-0.15, -0.1) is 0 Å². The summed E-state index contributed by atoms with van der Waals surface area (Å²) in [7, 11) is 0. The molecule has 1 aliphatic heterocycles. The van der Waals surface area contributed by atoms with Crippen LogP contribution in [0.2, 0.25) is 0 Å². The standard InChI is InChI=1S/C29H32N2O8/c1-5-14-29(15-22-17(2)38-27(36)39-22)30-24(28(3,4)37)23(26(34)35)31(29)16-18-10-12-19(13-11-18)20-8-6-7-9-21(20)25(32)33/h6-13,30,37H,5,14-16H2,1-4H3,(H,32,33)(H,34,35). The summed E-state index contributed by atoms with van der Waals surface area (Å²) in [6.45, 7) is 6.73. The minimum Gasteiger partial charge on any atom is -0.478 e. The van der Waals surface area contributed by atoms with E-state index < -0.39 is 29.0 Å². The van der Waals surface area contributed by atoms with Crippen LogP contribution in [0, 0.1) is 6.92 Å². The van der Waals surface area contributed by atoms with Crippen LogP contribution >= 0.6 is 0 Å². The van der Waals surface area contributed by atoms with Crippen LogP contribution in [0.25, 0.3) is 11.1 Å². The summed E-state index contributed by atoms with van der Waals surface area (Å²) in [4.78, 5) is 37.8. The number of aliphatic carboxylic acids is 1. The number of carboxylic acids is 2. The molecule has 10 nitrogen and oxygen atoms in total. The molecule has 0 saturated carbocycles. The second-order valence-corrected chi connectivity index (χ2v) is 10.2. The number of aliphatic hydroxyl groups is 1. The molecule has 0 aliphatic carbocycles. The largest absolute Gasteiger partial charge is 0.519 e. The van der Waals surface area contributed by atoms with Gasteiger partial charge in [0.2, 0.25) is 0 Å². The zero-order valence-corrected chi connectivity index (χ0v) is 22.3. The normalized spacial score (nSPS) is 17.4. The van der Waals surface area contributed by atoms with Gasteiger partial charge in [-0.3, -0.25) is 0 Å². The summed E-state index contributed by atoms with van der Waals surface area (Å²) in [5, 5.41) is 34.1. The quantitative estimate of drug-likeness (QED) is 0.298. The average molecular weight is 537 g/mol. The minimum absolute atomic E-state index is 0.0836. The van der Waals surface area contributed by atoms with Crippen molar-refractivity contribution in [3.05, 3.63) is 93.2 Å². The summed E-state index contributed by atoms with van der Waals surface area (Å²) < 4.78 is 10.4. The van der Waals surface area contributed by atoms with E-state index in [0.29, 0.717) is 29.7 Å². The van der Waals surface area contributed by atoms with E-state index in [1.54, 1.807) is 48.2 Å². The van der Waals surface area contributed by atoms with Gasteiger partial charge in [-0.1, -0.05) is 55.8 Å². The maximum Gasteiger partial charge on any atom is 0.519 e. The van der Waals surface area contributed by atoms with Gasteiger partial charge in [0, 0.05) is 6.54 Å². The van der Waals surface area contributed by atoms with Crippen LogP contribution in [0.1, 0.15) is 61.1 Å². The van der Waals surface area contributed by atoms with Crippen molar-refractivity contribution >= 4 is 11.9 Å². The van der Waals surface area contributed by atoms with Crippen molar-refractivity contribution in [2.45, 2.75) is 64.8 Å². The fourth-order valence-corrected chi connectivity index (χ4v) is 5.14. The summed E-state index contributed by atoms with van der Waals surface area (Å²) in [6, 6.07) is 13.9. The van der Waals surface area contributed by atoms with Crippen LogP contribution in [-0.2, 0) is 17.8 Å². The Hall–Kier alpha value is -4.31. The number of benzene rings is 2. The minimum atomic E-state index is -1.50. The molecule has 1 atom stereocenters. The lowest BCUT2D eigenvalue weighted by molar-refractivity contribution is -0.135. The molecule has 39 heavy (non-hydrogen) atoms. The van der Waals surface area contributed by atoms with Crippen molar-refractivity contribution in [1.82, 2.24) is 10.2 Å². The summed E-state index contributed by atoms with van der Waals surface area (Å²) in [5.41, 5.74) is -0.263. The number of nitrogens with one attached hydrogen (secondary N) is 1. The monoisotopic (exact) mass is 536 g/mol. The van der Waals surface area contributed by atoms with Crippen LogP contribution in [0.3, 0.4) is 0 Å². The lowest BCUT2D eigenvalue weighted by Crippen LogP contribution is -2.55. The number of aryl methyl sites for hydroxylation is 1. The molecule has 0 amide bonds. The Kier molecular flexibility index (Phi) is 7.43. The maximum atomic E-state index is 12.6. The molecule has 206 valence electrons. The third kappa shape index (κ3) is 5.46. The van der Waals surface area contributed by atoms with E-state index in [9.17, 15) is 29.7 Å². The molecule has 1 aliphatic rings. The number of hydrogen-bond acceptors (Lipinski definition) is 8. The van der Waals surface area contributed by atoms with Crippen LogP contribution in [0.5, 0.6) is 0 Å².